The number of nitrogens with zero attached hydrogens (tertiary/aromatic N) is 2. The second-order valence-corrected chi connectivity index (χ2v) is 8.06. The fraction of sp³-hybridized carbons (Fsp3) is 0.346. The number of allylic oxidation sites excluding steroid dienone is 1. The molecule has 10 heteroatoms. The van der Waals surface area contributed by atoms with Crippen LogP contribution in [0.25, 0.3) is 6.08 Å². The van der Waals surface area contributed by atoms with Gasteiger partial charge in [-0.2, -0.15) is 0 Å². The molecular formula is C26H28N2O8. The van der Waals surface area contributed by atoms with Gasteiger partial charge in [-0.15, -0.1) is 0 Å². The standard InChI is InChI=1S/C26H28N2O8/c1-4-34-26(31)28-11-9-27(10-12-28)24(29)16-35-19-5-7-20-22(15-19)36-23(25(20)30)14-17-13-18(32-2)6-8-21(17)33-3/h5-8,13-15H,4,9-12,16H2,1-3H3. The van der Waals surface area contributed by atoms with Crippen LogP contribution in [0.5, 0.6) is 23.0 Å². The molecule has 0 radical (unpaired) electrons. The molecule has 2 aliphatic rings. The van der Waals surface area contributed by atoms with Crippen molar-refractivity contribution in [3.05, 3.63) is 53.3 Å². The maximum absolute atomic E-state index is 12.9. The zero-order valence-electron chi connectivity index (χ0n) is 20.4. The molecule has 2 heterocycles. The largest absolute Gasteiger partial charge is 0.497 e. The van der Waals surface area contributed by atoms with E-state index in [0.717, 1.165) is 0 Å². The van der Waals surface area contributed by atoms with Gasteiger partial charge in [0.1, 0.15) is 23.0 Å². The van der Waals surface area contributed by atoms with E-state index in [1.54, 1.807) is 73.4 Å². The Morgan fingerprint density at radius 1 is 0.972 bits per heavy atom. The maximum Gasteiger partial charge on any atom is 0.409 e. The van der Waals surface area contributed by atoms with E-state index in [9.17, 15) is 14.4 Å². The minimum Gasteiger partial charge on any atom is -0.497 e. The van der Waals surface area contributed by atoms with Crippen molar-refractivity contribution in [2.75, 3.05) is 53.6 Å². The number of ether oxygens (including phenoxy) is 5. The smallest absolute Gasteiger partial charge is 0.409 e. The average Bonchev–Trinajstić information content (AvgIpc) is 3.21. The number of hydrogen-bond donors (Lipinski definition) is 0. The van der Waals surface area contributed by atoms with Gasteiger partial charge in [0.05, 0.1) is 26.4 Å². The molecule has 0 unspecified atom stereocenters. The van der Waals surface area contributed by atoms with Crippen molar-refractivity contribution in [2.45, 2.75) is 6.92 Å². The highest BCUT2D eigenvalue weighted by Gasteiger charge is 2.29. The highest BCUT2D eigenvalue weighted by molar-refractivity contribution is 6.14. The van der Waals surface area contributed by atoms with Crippen molar-refractivity contribution < 1.29 is 38.1 Å². The first kappa shape index (κ1) is 24.9. The summed E-state index contributed by atoms with van der Waals surface area (Å²) in [5.41, 5.74) is 1.04. The number of Topliss-reactive ketones (excluding diaryl/α,β-unsaturated/α-hetero) is 1. The number of rotatable bonds is 7. The molecule has 36 heavy (non-hydrogen) atoms. The van der Waals surface area contributed by atoms with E-state index in [1.165, 1.54) is 0 Å². The quantitative estimate of drug-likeness (QED) is 0.539. The van der Waals surface area contributed by atoms with E-state index >= 15 is 0 Å². The molecule has 4 rings (SSSR count). The third-order valence-electron chi connectivity index (χ3n) is 5.89. The fourth-order valence-electron chi connectivity index (χ4n) is 3.94. The summed E-state index contributed by atoms with van der Waals surface area (Å²) in [4.78, 5) is 40.5. The third kappa shape index (κ3) is 5.37. The van der Waals surface area contributed by atoms with Crippen molar-refractivity contribution in [2.24, 2.45) is 0 Å². The Hall–Kier alpha value is -4.21. The van der Waals surface area contributed by atoms with Crippen molar-refractivity contribution in [3.8, 4) is 23.0 Å². The molecule has 2 aromatic carbocycles. The second kappa shape index (κ2) is 11.0. The van der Waals surface area contributed by atoms with Gasteiger partial charge in [-0.3, -0.25) is 9.59 Å². The van der Waals surface area contributed by atoms with E-state index in [-0.39, 0.29) is 30.1 Å². The lowest BCUT2D eigenvalue weighted by atomic mass is 10.1. The molecule has 0 bridgehead atoms. The molecule has 1 saturated heterocycles. The van der Waals surface area contributed by atoms with Crippen LogP contribution < -0.4 is 18.9 Å². The molecule has 10 nitrogen and oxygen atoms in total. The lowest BCUT2D eigenvalue weighted by molar-refractivity contribution is -0.134. The third-order valence-corrected chi connectivity index (χ3v) is 5.89. The first-order chi connectivity index (χ1) is 17.4. The Labute approximate surface area is 208 Å². The van der Waals surface area contributed by atoms with Crippen LogP contribution in [-0.4, -0.2) is 81.2 Å². The van der Waals surface area contributed by atoms with Crippen LogP contribution in [0.3, 0.4) is 0 Å². The van der Waals surface area contributed by atoms with Crippen molar-refractivity contribution in [3.63, 3.8) is 0 Å². The number of hydrogen-bond acceptors (Lipinski definition) is 8. The summed E-state index contributed by atoms with van der Waals surface area (Å²) in [6.45, 7) is 3.53. The molecule has 0 aliphatic carbocycles. The molecule has 0 spiro atoms. The van der Waals surface area contributed by atoms with Gasteiger partial charge in [-0.1, -0.05) is 0 Å². The molecule has 0 aromatic heterocycles. The first-order valence-electron chi connectivity index (χ1n) is 11.6. The number of fused-ring (bicyclic) bond motifs is 1. The van der Waals surface area contributed by atoms with E-state index in [1.807, 2.05) is 0 Å². The summed E-state index contributed by atoms with van der Waals surface area (Å²) in [5.74, 6) is 1.62. The Bertz CT molecular complexity index is 1180. The summed E-state index contributed by atoms with van der Waals surface area (Å²) in [6.07, 6.45) is 1.23. The molecule has 2 aromatic rings. The molecule has 190 valence electrons. The maximum atomic E-state index is 12.9. The zero-order valence-corrected chi connectivity index (χ0v) is 20.4. The van der Waals surface area contributed by atoms with Gasteiger partial charge in [0.25, 0.3) is 5.91 Å². The predicted octanol–water partition coefficient (Wildman–Crippen LogP) is 3.00. The summed E-state index contributed by atoms with van der Waals surface area (Å²) in [5, 5.41) is 0. The topological polar surface area (TPSA) is 104 Å². The van der Waals surface area contributed by atoms with Gasteiger partial charge >= 0.3 is 6.09 Å². The minimum absolute atomic E-state index is 0.143. The van der Waals surface area contributed by atoms with E-state index < -0.39 is 0 Å². The highest BCUT2D eigenvalue weighted by Crippen LogP contribution is 2.36. The number of methoxy groups -OCH3 is 2. The molecule has 2 aliphatic heterocycles. The first-order valence-corrected chi connectivity index (χ1v) is 11.6. The summed E-state index contributed by atoms with van der Waals surface area (Å²) >= 11 is 0. The van der Waals surface area contributed by atoms with Gasteiger partial charge in [0.2, 0.25) is 5.78 Å². The van der Waals surface area contributed by atoms with Gasteiger partial charge in [-0.25, -0.2) is 4.79 Å². The van der Waals surface area contributed by atoms with Crippen molar-refractivity contribution in [1.82, 2.24) is 9.80 Å². The molecule has 0 atom stereocenters. The SMILES string of the molecule is CCOC(=O)N1CCN(C(=O)COc2ccc3c(c2)OC(=Cc2cc(OC)ccc2OC)C3=O)CC1. The van der Waals surface area contributed by atoms with Crippen LogP contribution in [0.15, 0.2) is 42.2 Å². The van der Waals surface area contributed by atoms with Crippen LogP contribution in [0.1, 0.15) is 22.8 Å². The lowest BCUT2D eigenvalue weighted by Crippen LogP contribution is -2.51. The molecule has 0 saturated carbocycles. The van der Waals surface area contributed by atoms with Gasteiger partial charge in [0.15, 0.2) is 12.4 Å². The lowest BCUT2D eigenvalue weighted by Gasteiger charge is -2.33. The Morgan fingerprint density at radius 2 is 1.69 bits per heavy atom. The van der Waals surface area contributed by atoms with Gasteiger partial charge in [0, 0.05) is 37.8 Å². The van der Waals surface area contributed by atoms with Crippen LogP contribution in [0.4, 0.5) is 4.79 Å². The summed E-state index contributed by atoms with van der Waals surface area (Å²) in [7, 11) is 3.10. The predicted molar refractivity (Wildman–Crippen MR) is 130 cm³/mol. The Morgan fingerprint density at radius 3 is 2.39 bits per heavy atom. The second-order valence-electron chi connectivity index (χ2n) is 8.06. The molecule has 1 fully saturated rings. The zero-order chi connectivity index (χ0) is 25.7. The molecular weight excluding hydrogens is 468 g/mol. The summed E-state index contributed by atoms with van der Waals surface area (Å²) < 4.78 is 27.1. The summed E-state index contributed by atoms with van der Waals surface area (Å²) in [6, 6.07) is 10.1. The monoisotopic (exact) mass is 496 g/mol. The molecule has 2 amide bonds. The number of ketones is 1. The molecule has 0 N–H and O–H groups in total. The van der Waals surface area contributed by atoms with Crippen molar-refractivity contribution in [1.29, 1.82) is 0 Å². The van der Waals surface area contributed by atoms with Gasteiger partial charge in [-0.05, 0) is 43.3 Å². The number of piperazine rings is 1. The van der Waals surface area contributed by atoms with Crippen LogP contribution in [-0.2, 0) is 9.53 Å². The van der Waals surface area contributed by atoms with Crippen LogP contribution in [0.2, 0.25) is 0 Å². The van der Waals surface area contributed by atoms with E-state index in [4.69, 9.17) is 23.7 Å². The van der Waals surface area contributed by atoms with Crippen molar-refractivity contribution >= 4 is 23.9 Å². The minimum atomic E-state index is -0.369. The Balaban J connectivity index is 1.37. The average molecular weight is 497 g/mol. The highest BCUT2D eigenvalue weighted by atomic mass is 16.6. The number of benzene rings is 2. The van der Waals surface area contributed by atoms with E-state index in [0.29, 0.717) is 66.9 Å². The fourth-order valence-corrected chi connectivity index (χ4v) is 3.94. The van der Waals surface area contributed by atoms with Crippen LogP contribution in [0, 0.1) is 0 Å². The normalized spacial score (nSPS) is 15.9. The number of carbonyl (C=O) groups is 3. The number of carbonyl (C=O) groups excluding carboxylic acids is 3. The number of amides is 2. The van der Waals surface area contributed by atoms with E-state index in [2.05, 4.69) is 0 Å². The van der Waals surface area contributed by atoms with Gasteiger partial charge < -0.3 is 33.5 Å². The Kier molecular flexibility index (Phi) is 7.62. The van der Waals surface area contributed by atoms with Crippen LogP contribution >= 0.6 is 0 Å².